The van der Waals surface area contributed by atoms with Crippen LogP contribution in [0.4, 0.5) is 14.6 Å². The van der Waals surface area contributed by atoms with Gasteiger partial charge in [0.05, 0.1) is 35.9 Å². The monoisotopic (exact) mass is 468 g/mol. The SMILES string of the molecule is N=c1ccn([C@@H]2C[C@H](CCc3ccc4ccc(NCC(F)F)nc4c3)[C@@H](O)[C@H]2O)c2nc[nH]c12. The van der Waals surface area contributed by atoms with Crippen LogP contribution >= 0.6 is 0 Å². The quantitative estimate of drug-likeness (QED) is 0.285. The number of alkyl halides is 2. The molecule has 1 saturated carbocycles. The molecular weight excluding hydrogens is 442 g/mol. The molecule has 0 radical (unpaired) electrons. The molecule has 8 nitrogen and oxygen atoms in total. The van der Waals surface area contributed by atoms with Crippen LogP contribution in [-0.2, 0) is 6.42 Å². The molecule has 1 aliphatic rings. The fourth-order valence-corrected chi connectivity index (χ4v) is 4.87. The van der Waals surface area contributed by atoms with Crippen LogP contribution in [0.3, 0.4) is 0 Å². The summed E-state index contributed by atoms with van der Waals surface area (Å²) in [6.07, 6.45) is 0.943. The van der Waals surface area contributed by atoms with E-state index in [2.05, 4.69) is 20.3 Å². The number of aromatic amines is 1. The molecule has 0 amide bonds. The van der Waals surface area contributed by atoms with Crippen LogP contribution in [0.2, 0.25) is 0 Å². The highest BCUT2D eigenvalue weighted by atomic mass is 19.3. The molecule has 4 aromatic rings. The molecular formula is C24H26F2N6O2. The third-order valence-electron chi connectivity index (χ3n) is 6.66. The van der Waals surface area contributed by atoms with Crippen molar-refractivity contribution >= 4 is 27.9 Å². The molecule has 5 rings (SSSR count). The van der Waals surface area contributed by atoms with Gasteiger partial charge in [-0.15, -0.1) is 0 Å². The van der Waals surface area contributed by atoms with E-state index in [1.54, 1.807) is 18.3 Å². The Morgan fingerprint density at radius 1 is 1.18 bits per heavy atom. The minimum Gasteiger partial charge on any atom is -0.390 e. The number of aliphatic hydroxyl groups excluding tert-OH is 2. The van der Waals surface area contributed by atoms with Gasteiger partial charge in [0.25, 0.3) is 6.43 Å². The summed E-state index contributed by atoms with van der Waals surface area (Å²) in [5.74, 6) is 0.294. The van der Waals surface area contributed by atoms with Gasteiger partial charge in [-0.2, -0.15) is 0 Å². The Hall–Kier alpha value is -3.37. The lowest BCUT2D eigenvalue weighted by molar-refractivity contribution is 0.00538. The lowest BCUT2D eigenvalue weighted by atomic mass is 9.95. The molecule has 34 heavy (non-hydrogen) atoms. The van der Waals surface area contributed by atoms with E-state index in [9.17, 15) is 19.0 Å². The van der Waals surface area contributed by atoms with Gasteiger partial charge in [0.2, 0.25) is 0 Å². The van der Waals surface area contributed by atoms with Gasteiger partial charge in [-0.05, 0) is 55.0 Å². The van der Waals surface area contributed by atoms with E-state index in [4.69, 9.17) is 5.41 Å². The van der Waals surface area contributed by atoms with Crippen molar-refractivity contribution in [2.24, 2.45) is 5.92 Å². The van der Waals surface area contributed by atoms with Crippen molar-refractivity contribution in [2.45, 2.75) is 43.9 Å². The summed E-state index contributed by atoms with van der Waals surface area (Å²) in [5, 5.41) is 33.4. The second kappa shape index (κ2) is 9.11. The number of H-pyrrole nitrogens is 1. The van der Waals surface area contributed by atoms with Crippen molar-refractivity contribution < 1.29 is 19.0 Å². The maximum Gasteiger partial charge on any atom is 0.255 e. The Kier molecular flexibility index (Phi) is 6.01. The van der Waals surface area contributed by atoms with Crippen LogP contribution in [0.25, 0.3) is 22.1 Å². The fourth-order valence-electron chi connectivity index (χ4n) is 4.87. The van der Waals surface area contributed by atoms with E-state index < -0.39 is 25.2 Å². The number of aryl methyl sites for hydroxylation is 1. The van der Waals surface area contributed by atoms with Gasteiger partial charge < -0.3 is 25.1 Å². The topological polar surface area (TPSA) is 123 Å². The number of imidazole rings is 1. The predicted octanol–water partition coefficient (Wildman–Crippen LogP) is 2.98. The first-order chi connectivity index (χ1) is 16.4. The van der Waals surface area contributed by atoms with Crippen LogP contribution in [0.1, 0.15) is 24.4 Å². The Morgan fingerprint density at radius 2 is 2.00 bits per heavy atom. The average Bonchev–Trinajstić information content (AvgIpc) is 3.43. The van der Waals surface area contributed by atoms with Gasteiger partial charge >= 0.3 is 0 Å². The molecule has 3 heterocycles. The molecule has 1 aromatic carbocycles. The van der Waals surface area contributed by atoms with Crippen molar-refractivity contribution in [3.63, 3.8) is 0 Å². The maximum atomic E-state index is 12.5. The summed E-state index contributed by atoms with van der Waals surface area (Å²) in [6, 6.07) is 10.7. The number of hydrogen-bond acceptors (Lipinski definition) is 6. The van der Waals surface area contributed by atoms with Crippen LogP contribution < -0.4 is 10.7 Å². The number of pyridine rings is 2. The zero-order valence-corrected chi connectivity index (χ0v) is 18.3. The number of halogens is 2. The van der Waals surface area contributed by atoms with Crippen molar-refractivity contribution in [2.75, 3.05) is 11.9 Å². The molecule has 5 N–H and O–H groups in total. The first-order valence-corrected chi connectivity index (χ1v) is 11.3. The van der Waals surface area contributed by atoms with Crippen LogP contribution in [0.15, 0.2) is 48.9 Å². The largest absolute Gasteiger partial charge is 0.390 e. The minimum atomic E-state index is -2.45. The summed E-state index contributed by atoms with van der Waals surface area (Å²) in [7, 11) is 0. The van der Waals surface area contributed by atoms with Gasteiger partial charge in [-0.25, -0.2) is 18.7 Å². The lowest BCUT2D eigenvalue weighted by Crippen LogP contribution is -2.30. The van der Waals surface area contributed by atoms with Crippen molar-refractivity contribution in [1.82, 2.24) is 19.5 Å². The summed E-state index contributed by atoms with van der Waals surface area (Å²) in [4.78, 5) is 11.7. The molecule has 3 aromatic heterocycles. The number of fused-ring (bicyclic) bond motifs is 2. The zero-order valence-electron chi connectivity index (χ0n) is 18.3. The summed E-state index contributed by atoms with van der Waals surface area (Å²) in [5.41, 5.74) is 2.92. The smallest absolute Gasteiger partial charge is 0.255 e. The number of benzene rings is 1. The maximum absolute atomic E-state index is 12.5. The fraction of sp³-hybridized carbons (Fsp3) is 0.375. The van der Waals surface area contributed by atoms with E-state index in [-0.39, 0.29) is 12.0 Å². The lowest BCUT2D eigenvalue weighted by Gasteiger charge is -2.20. The Labute approximate surface area is 193 Å². The average molecular weight is 469 g/mol. The van der Waals surface area contributed by atoms with Gasteiger partial charge in [0.15, 0.2) is 5.65 Å². The Morgan fingerprint density at radius 3 is 2.82 bits per heavy atom. The summed E-state index contributed by atoms with van der Waals surface area (Å²) in [6.45, 7) is -0.450. The second-order valence-electron chi connectivity index (χ2n) is 8.82. The number of anilines is 1. The number of aromatic nitrogens is 4. The van der Waals surface area contributed by atoms with E-state index in [1.807, 2.05) is 28.8 Å². The summed E-state index contributed by atoms with van der Waals surface area (Å²) >= 11 is 0. The first kappa shape index (κ1) is 22.4. The zero-order chi connectivity index (χ0) is 23.8. The molecule has 4 atom stereocenters. The van der Waals surface area contributed by atoms with Crippen LogP contribution in [0.5, 0.6) is 0 Å². The molecule has 1 fully saturated rings. The highest BCUT2D eigenvalue weighted by molar-refractivity contribution is 5.81. The number of aliphatic hydroxyl groups is 2. The Balaban J connectivity index is 1.30. The highest BCUT2D eigenvalue weighted by Crippen LogP contribution is 2.38. The second-order valence-corrected chi connectivity index (χ2v) is 8.82. The minimum absolute atomic E-state index is 0.111. The molecule has 0 spiro atoms. The van der Waals surface area contributed by atoms with Crippen molar-refractivity contribution in [1.29, 1.82) is 5.41 Å². The molecule has 1 aliphatic carbocycles. The van der Waals surface area contributed by atoms with E-state index in [1.165, 1.54) is 6.33 Å². The molecule has 178 valence electrons. The standard InChI is InChI=1S/C24H26F2N6O2/c25-19(26)11-28-20-6-5-14-3-1-13(9-17(14)31-20)2-4-15-10-18(23(34)22(15)33)32-8-7-16(27)21-24(32)30-12-29-21/h1,3,5-9,12,15,18-19,22-23,27,33-34H,2,4,10-11H2,(H,28,31)(H,29,30)/t15-,18+,22+,23-/m0/s1. The van der Waals surface area contributed by atoms with Crippen LogP contribution in [0, 0.1) is 11.3 Å². The number of nitrogens with one attached hydrogen (secondary N) is 3. The molecule has 0 bridgehead atoms. The number of nitrogens with zero attached hydrogens (tertiary/aromatic N) is 3. The van der Waals surface area contributed by atoms with Gasteiger partial charge in [0.1, 0.15) is 17.4 Å². The Bertz CT molecular complexity index is 1370. The predicted molar refractivity (Wildman–Crippen MR) is 124 cm³/mol. The third-order valence-corrected chi connectivity index (χ3v) is 6.66. The van der Waals surface area contributed by atoms with Crippen molar-refractivity contribution in [3.8, 4) is 0 Å². The van der Waals surface area contributed by atoms with Gasteiger partial charge in [-0.3, -0.25) is 5.41 Å². The van der Waals surface area contributed by atoms with Gasteiger partial charge in [-0.1, -0.05) is 12.1 Å². The summed E-state index contributed by atoms with van der Waals surface area (Å²) < 4.78 is 26.8. The molecule has 0 aliphatic heterocycles. The first-order valence-electron chi connectivity index (χ1n) is 11.3. The van der Waals surface area contributed by atoms with E-state index in [0.29, 0.717) is 47.1 Å². The molecule has 0 unspecified atom stereocenters. The van der Waals surface area contributed by atoms with E-state index >= 15 is 0 Å². The highest BCUT2D eigenvalue weighted by Gasteiger charge is 2.42. The number of hydrogen-bond donors (Lipinski definition) is 5. The molecule has 0 saturated heterocycles. The van der Waals surface area contributed by atoms with Gasteiger partial charge in [0, 0.05) is 11.6 Å². The third kappa shape index (κ3) is 4.26. The number of rotatable bonds is 7. The van der Waals surface area contributed by atoms with Crippen LogP contribution in [-0.4, -0.2) is 54.9 Å². The molecule has 10 heteroatoms. The van der Waals surface area contributed by atoms with E-state index in [0.717, 1.165) is 10.9 Å². The normalized spacial score (nSPS) is 22.7. The van der Waals surface area contributed by atoms with Crippen molar-refractivity contribution in [3.05, 3.63) is 59.8 Å².